The molecule has 1 aliphatic carbocycles. The third kappa shape index (κ3) is 3.29. The fraction of sp³-hybridized carbons (Fsp3) is 0.500. The van der Waals surface area contributed by atoms with Crippen LogP contribution in [0.4, 0.5) is 5.00 Å². The number of carbonyl (C=O) groups excluding carboxylic acids is 1. The van der Waals surface area contributed by atoms with Crippen LogP contribution in [0.3, 0.4) is 0 Å². The number of thiophene rings is 1. The number of hydrogen-bond donors (Lipinski definition) is 2. The average molecular weight is 332 g/mol. The van der Waals surface area contributed by atoms with Gasteiger partial charge in [0, 0.05) is 4.88 Å². The molecule has 2 aromatic heterocycles. The van der Waals surface area contributed by atoms with Crippen molar-refractivity contribution in [1.29, 1.82) is 0 Å². The van der Waals surface area contributed by atoms with Gasteiger partial charge in [0.15, 0.2) is 0 Å². The van der Waals surface area contributed by atoms with Crippen molar-refractivity contribution in [2.45, 2.75) is 46.6 Å². The average Bonchev–Trinajstić information content (AvgIpc) is 3.09. The van der Waals surface area contributed by atoms with Crippen LogP contribution in [0.15, 0.2) is 22.8 Å². The first-order chi connectivity index (χ1) is 10.9. The number of amides is 1. The van der Waals surface area contributed by atoms with Gasteiger partial charge in [-0.05, 0) is 48.3 Å². The molecule has 2 heterocycles. The number of hydrogen-bond acceptors (Lipinski definition) is 4. The Bertz CT molecular complexity index is 695. The molecule has 3 rings (SSSR count). The van der Waals surface area contributed by atoms with Crippen molar-refractivity contribution in [2.24, 2.45) is 11.3 Å². The molecule has 0 saturated carbocycles. The molecule has 23 heavy (non-hydrogen) atoms. The summed E-state index contributed by atoms with van der Waals surface area (Å²) in [7, 11) is 0. The number of nitrogens with two attached hydrogens (primary N) is 1. The lowest BCUT2D eigenvalue weighted by atomic mass is 9.72. The van der Waals surface area contributed by atoms with Crippen LogP contribution in [-0.4, -0.2) is 5.91 Å². The van der Waals surface area contributed by atoms with Crippen LogP contribution in [0, 0.1) is 11.3 Å². The normalized spacial score (nSPS) is 17.8. The van der Waals surface area contributed by atoms with Gasteiger partial charge in [-0.15, -0.1) is 11.3 Å². The molecule has 3 N–H and O–H groups in total. The molecule has 1 aliphatic rings. The monoisotopic (exact) mass is 332 g/mol. The van der Waals surface area contributed by atoms with Crippen molar-refractivity contribution in [2.75, 3.05) is 5.73 Å². The molecule has 1 amide bonds. The minimum atomic E-state index is -0.0920. The molecule has 5 heteroatoms. The Morgan fingerprint density at radius 2 is 2.26 bits per heavy atom. The van der Waals surface area contributed by atoms with Gasteiger partial charge in [0.05, 0.1) is 23.4 Å². The molecule has 0 saturated heterocycles. The van der Waals surface area contributed by atoms with E-state index in [9.17, 15) is 4.79 Å². The quantitative estimate of drug-likeness (QED) is 0.892. The molecule has 0 spiro atoms. The predicted molar refractivity (Wildman–Crippen MR) is 93.6 cm³/mol. The molecular weight excluding hydrogens is 308 g/mol. The van der Waals surface area contributed by atoms with Crippen LogP contribution < -0.4 is 11.1 Å². The van der Waals surface area contributed by atoms with Crippen molar-refractivity contribution in [1.82, 2.24) is 5.32 Å². The van der Waals surface area contributed by atoms with E-state index in [1.165, 1.54) is 4.88 Å². The summed E-state index contributed by atoms with van der Waals surface area (Å²) in [5.41, 5.74) is 8.29. The van der Waals surface area contributed by atoms with Gasteiger partial charge >= 0.3 is 0 Å². The number of nitrogen functional groups attached to an aromatic ring is 1. The molecule has 2 aromatic rings. The van der Waals surface area contributed by atoms with Gasteiger partial charge in [-0.2, -0.15) is 0 Å². The Hall–Kier alpha value is -1.75. The Labute approximate surface area is 141 Å². The Kier molecular flexibility index (Phi) is 4.23. The van der Waals surface area contributed by atoms with Crippen molar-refractivity contribution in [3.63, 3.8) is 0 Å². The summed E-state index contributed by atoms with van der Waals surface area (Å²) in [5.74, 6) is 1.30. The summed E-state index contributed by atoms with van der Waals surface area (Å²) >= 11 is 1.58. The van der Waals surface area contributed by atoms with Crippen molar-refractivity contribution >= 4 is 22.2 Å². The maximum atomic E-state index is 12.5. The Balaban J connectivity index is 1.77. The van der Waals surface area contributed by atoms with Crippen LogP contribution in [0.5, 0.6) is 0 Å². The lowest BCUT2D eigenvalue weighted by Crippen LogP contribution is -2.28. The standard InChI is InChI=1S/C18H24N2O2S/c1-18(2,3)11-6-7-13-14(9-11)23-16(19)15(13)17(21)20-10-12-5-4-8-22-12/h4-5,8,11H,6-7,9-10,19H2,1-3H3,(H,20,21). The van der Waals surface area contributed by atoms with Crippen molar-refractivity contribution < 1.29 is 9.21 Å². The maximum absolute atomic E-state index is 12.5. The minimum absolute atomic E-state index is 0.0920. The second kappa shape index (κ2) is 6.04. The summed E-state index contributed by atoms with van der Waals surface area (Å²) in [6.45, 7) is 7.25. The Morgan fingerprint density at radius 3 is 2.91 bits per heavy atom. The molecular formula is C18H24N2O2S. The van der Waals surface area contributed by atoms with Gasteiger partial charge in [-0.3, -0.25) is 4.79 Å². The summed E-state index contributed by atoms with van der Waals surface area (Å²) in [5, 5.41) is 3.55. The minimum Gasteiger partial charge on any atom is -0.467 e. The highest BCUT2D eigenvalue weighted by Crippen LogP contribution is 2.43. The molecule has 4 nitrogen and oxygen atoms in total. The summed E-state index contributed by atoms with van der Waals surface area (Å²) < 4.78 is 5.25. The molecule has 0 radical (unpaired) electrons. The zero-order chi connectivity index (χ0) is 16.6. The van der Waals surface area contributed by atoms with Crippen molar-refractivity contribution in [3.05, 3.63) is 40.2 Å². The second-order valence-electron chi connectivity index (χ2n) is 7.31. The van der Waals surface area contributed by atoms with Gasteiger partial charge in [0.2, 0.25) is 0 Å². The largest absolute Gasteiger partial charge is 0.467 e. The maximum Gasteiger partial charge on any atom is 0.254 e. The van der Waals surface area contributed by atoms with E-state index in [0.29, 0.717) is 23.0 Å². The number of furan rings is 1. The number of anilines is 1. The fourth-order valence-electron chi connectivity index (χ4n) is 3.26. The van der Waals surface area contributed by atoms with Crippen LogP contribution in [0.2, 0.25) is 0 Å². The SMILES string of the molecule is CC(C)(C)C1CCc2c(sc(N)c2C(=O)NCc2ccco2)C1. The van der Waals surface area contributed by atoms with Crippen LogP contribution in [-0.2, 0) is 19.4 Å². The van der Waals surface area contributed by atoms with E-state index in [1.807, 2.05) is 12.1 Å². The summed E-state index contributed by atoms with van der Waals surface area (Å²) in [4.78, 5) is 13.8. The topological polar surface area (TPSA) is 68.3 Å². The fourth-order valence-corrected chi connectivity index (χ4v) is 4.46. The number of rotatable bonds is 3. The van der Waals surface area contributed by atoms with E-state index in [2.05, 4.69) is 26.1 Å². The zero-order valence-electron chi connectivity index (χ0n) is 13.9. The molecule has 0 aromatic carbocycles. The third-order valence-corrected chi connectivity index (χ3v) is 5.83. The number of fused-ring (bicyclic) bond motifs is 1. The lowest BCUT2D eigenvalue weighted by Gasteiger charge is -2.33. The number of nitrogens with one attached hydrogen (secondary N) is 1. The van der Waals surface area contributed by atoms with Crippen LogP contribution in [0.1, 0.15) is 53.8 Å². The predicted octanol–water partition coefficient (Wildman–Crippen LogP) is 4.00. The summed E-state index contributed by atoms with van der Waals surface area (Å²) in [6.07, 6.45) is 4.69. The first kappa shape index (κ1) is 16.1. The van der Waals surface area contributed by atoms with E-state index in [-0.39, 0.29) is 11.3 Å². The van der Waals surface area contributed by atoms with E-state index in [1.54, 1.807) is 17.6 Å². The van der Waals surface area contributed by atoms with Crippen LogP contribution >= 0.6 is 11.3 Å². The zero-order valence-corrected chi connectivity index (χ0v) is 14.8. The molecule has 1 unspecified atom stereocenters. The molecule has 0 bridgehead atoms. The highest BCUT2D eigenvalue weighted by Gasteiger charge is 2.33. The van der Waals surface area contributed by atoms with Gasteiger partial charge < -0.3 is 15.5 Å². The van der Waals surface area contributed by atoms with Gasteiger partial charge in [0.25, 0.3) is 5.91 Å². The smallest absolute Gasteiger partial charge is 0.254 e. The van der Waals surface area contributed by atoms with E-state index >= 15 is 0 Å². The second-order valence-corrected chi connectivity index (χ2v) is 8.45. The Morgan fingerprint density at radius 1 is 1.48 bits per heavy atom. The highest BCUT2D eigenvalue weighted by atomic mass is 32.1. The first-order valence-electron chi connectivity index (χ1n) is 8.07. The molecule has 0 aliphatic heterocycles. The molecule has 1 atom stereocenters. The first-order valence-corrected chi connectivity index (χ1v) is 8.88. The number of carbonyl (C=O) groups is 1. The third-order valence-electron chi connectivity index (χ3n) is 4.75. The van der Waals surface area contributed by atoms with Gasteiger partial charge in [-0.25, -0.2) is 0 Å². The van der Waals surface area contributed by atoms with Gasteiger partial charge in [-0.1, -0.05) is 20.8 Å². The lowest BCUT2D eigenvalue weighted by molar-refractivity contribution is 0.0947. The van der Waals surface area contributed by atoms with E-state index < -0.39 is 0 Å². The van der Waals surface area contributed by atoms with Crippen molar-refractivity contribution in [3.8, 4) is 0 Å². The van der Waals surface area contributed by atoms with Crippen LogP contribution in [0.25, 0.3) is 0 Å². The molecule has 0 fully saturated rings. The van der Waals surface area contributed by atoms with Gasteiger partial charge in [0.1, 0.15) is 5.76 Å². The van der Waals surface area contributed by atoms with E-state index in [4.69, 9.17) is 10.2 Å². The highest BCUT2D eigenvalue weighted by molar-refractivity contribution is 7.16. The molecule has 124 valence electrons. The van der Waals surface area contributed by atoms with E-state index in [0.717, 1.165) is 30.6 Å². The summed E-state index contributed by atoms with van der Waals surface area (Å²) in [6, 6.07) is 3.66.